The Bertz CT molecular complexity index is 1170. The Morgan fingerprint density at radius 3 is 2.23 bits per heavy atom. The monoisotopic (exact) mass is 466 g/mol. The summed E-state index contributed by atoms with van der Waals surface area (Å²) in [6, 6.07) is 10.1. The first kappa shape index (κ1) is 23.2. The van der Waals surface area contributed by atoms with Gasteiger partial charge in [-0.1, -0.05) is 25.0 Å². The lowest BCUT2D eigenvalue weighted by molar-refractivity contribution is 0.102. The summed E-state index contributed by atoms with van der Waals surface area (Å²) in [5, 5.41) is 2.57. The molecule has 168 valence electrons. The number of hydrogen-bond donors (Lipinski definition) is 1. The zero-order chi connectivity index (χ0) is 22.6. The van der Waals surface area contributed by atoms with Crippen molar-refractivity contribution in [1.82, 2.24) is 4.31 Å². The van der Waals surface area contributed by atoms with Gasteiger partial charge in [0, 0.05) is 19.3 Å². The van der Waals surface area contributed by atoms with Gasteiger partial charge in [-0.25, -0.2) is 16.8 Å². The van der Waals surface area contributed by atoms with Crippen LogP contribution in [0.15, 0.2) is 52.3 Å². The topological polar surface area (TPSA) is 110 Å². The van der Waals surface area contributed by atoms with E-state index in [0.717, 1.165) is 31.9 Å². The van der Waals surface area contributed by atoms with Crippen molar-refractivity contribution >= 4 is 31.5 Å². The number of rotatable bonds is 6. The highest BCUT2D eigenvalue weighted by molar-refractivity contribution is 7.91. The predicted octanol–water partition coefficient (Wildman–Crippen LogP) is 2.92. The lowest BCUT2D eigenvalue weighted by Crippen LogP contribution is -2.32. The zero-order valence-corrected chi connectivity index (χ0v) is 19.1. The molecular weight excluding hydrogens is 440 g/mol. The number of anilines is 1. The van der Waals surface area contributed by atoms with Gasteiger partial charge in [-0.2, -0.15) is 4.31 Å². The van der Waals surface area contributed by atoms with Crippen LogP contribution in [0.5, 0.6) is 5.75 Å². The van der Waals surface area contributed by atoms with Crippen LogP contribution in [0.2, 0.25) is 0 Å². The Morgan fingerprint density at radius 2 is 1.61 bits per heavy atom. The summed E-state index contributed by atoms with van der Waals surface area (Å²) >= 11 is 0. The third-order valence-electron chi connectivity index (χ3n) is 5.15. The fourth-order valence-electron chi connectivity index (χ4n) is 3.54. The van der Waals surface area contributed by atoms with E-state index in [1.807, 2.05) is 0 Å². The molecule has 1 aliphatic rings. The Balaban J connectivity index is 1.97. The molecule has 2 aromatic carbocycles. The Morgan fingerprint density at radius 1 is 0.968 bits per heavy atom. The normalized spacial score (nSPS) is 15.8. The maximum atomic E-state index is 13.1. The van der Waals surface area contributed by atoms with E-state index in [0.29, 0.717) is 13.1 Å². The van der Waals surface area contributed by atoms with Gasteiger partial charge in [0.1, 0.15) is 5.75 Å². The molecule has 1 N–H and O–H groups in total. The molecule has 3 rings (SSSR count). The summed E-state index contributed by atoms with van der Waals surface area (Å²) in [5.74, 6) is -0.481. The molecule has 0 bridgehead atoms. The van der Waals surface area contributed by atoms with Crippen LogP contribution >= 0.6 is 0 Å². The average molecular weight is 467 g/mol. The van der Waals surface area contributed by atoms with Crippen LogP contribution < -0.4 is 10.1 Å². The molecule has 0 spiro atoms. The number of benzene rings is 2. The van der Waals surface area contributed by atoms with Gasteiger partial charge in [0.15, 0.2) is 9.84 Å². The van der Waals surface area contributed by atoms with E-state index >= 15 is 0 Å². The number of sulfonamides is 1. The maximum Gasteiger partial charge on any atom is 0.259 e. The van der Waals surface area contributed by atoms with Crippen LogP contribution in [0, 0.1) is 0 Å². The van der Waals surface area contributed by atoms with E-state index in [9.17, 15) is 21.6 Å². The number of sulfone groups is 1. The van der Waals surface area contributed by atoms with Crippen LogP contribution in [0.1, 0.15) is 36.0 Å². The van der Waals surface area contributed by atoms with Crippen LogP contribution in [0.25, 0.3) is 0 Å². The van der Waals surface area contributed by atoms with Crippen LogP contribution in [-0.2, 0) is 19.9 Å². The second kappa shape index (κ2) is 9.37. The third kappa shape index (κ3) is 5.25. The minimum Gasteiger partial charge on any atom is -0.496 e. The average Bonchev–Trinajstić information content (AvgIpc) is 3.03. The summed E-state index contributed by atoms with van der Waals surface area (Å²) in [4.78, 5) is 13.0. The molecule has 31 heavy (non-hydrogen) atoms. The number of ether oxygens (including phenoxy) is 1. The zero-order valence-electron chi connectivity index (χ0n) is 17.5. The van der Waals surface area contributed by atoms with Crippen LogP contribution in [-0.4, -0.2) is 53.5 Å². The summed E-state index contributed by atoms with van der Waals surface area (Å²) in [6.07, 6.45) is 4.62. The first-order valence-electron chi connectivity index (χ1n) is 9.93. The van der Waals surface area contributed by atoms with E-state index in [2.05, 4.69) is 5.32 Å². The van der Waals surface area contributed by atoms with Gasteiger partial charge in [0.05, 0.1) is 28.2 Å². The molecule has 0 saturated carbocycles. The van der Waals surface area contributed by atoms with Gasteiger partial charge in [0.25, 0.3) is 5.91 Å². The van der Waals surface area contributed by atoms with Crippen molar-refractivity contribution in [3.8, 4) is 5.75 Å². The van der Waals surface area contributed by atoms with Gasteiger partial charge in [-0.15, -0.1) is 0 Å². The van der Waals surface area contributed by atoms with E-state index in [-0.39, 0.29) is 26.8 Å². The molecule has 0 radical (unpaired) electrons. The molecule has 10 heteroatoms. The molecule has 1 saturated heterocycles. The number of amides is 1. The molecule has 0 atom stereocenters. The molecular formula is C21H26N2O6S2. The van der Waals surface area contributed by atoms with Crippen molar-refractivity contribution in [3.63, 3.8) is 0 Å². The van der Waals surface area contributed by atoms with Gasteiger partial charge in [-0.3, -0.25) is 4.79 Å². The highest BCUT2D eigenvalue weighted by Crippen LogP contribution is 2.28. The Labute approximate surface area is 183 Å². The molecule has 0 unspecified atom stereocenters. The second-order valence-electron chi connectivity index (χ2n) is 7.40. The first-order chi connectivity index (χ1) is 14.6. The Kier molecular flexibility index (Phi) is 7.03. The van der Waals surface area contributed by atoms with E-state index in [4.69, 9.17) is 4.74 Å². The highest BCUT2D eigenvalue weighted by Gasteiger charge is 2.27. The molecule has 1 amide bonds. The molecule has 0 aromatic heterocycles. The van der Waals surface area contributed by atoms with Crippen molar-refractivity contribution < 1.29 is 26.4 Å². The molecule has 1 fully saturated rings. The maximum absolute atomic E-state index is 13.1. The number of para-hydroxylation sites is 1. The fourth-order valence-corrected chi connectivity index (χ4v) is 5.93. The molecule has 1 heterocycles. The molecule has 1 aliphatic heterocycles. The van der Waals surface area contributed by atoms with Crippen molar-refractivity contribution in [1.29, 1.82) is 0 Å². The van der Waals surface area contributed by atoms with Gasteiger partial charge in [-0.05, 0) is 43.2 Å². The molecule has 8 nitrogen and oxygen atoms in total. The second-order valence-corrected chi connectivity index (χ2v) is 11.3. The SMILES string of the molecule is COc1ccc(S(=O)(=O)N2CCCCCC2)cc1C(=O)Nc1ccccc1S(C)(=O)=O. The van der Waals surface area contributed by atoms with Crippen molar-refractivity contribution in [2.75, 3.05) is 31.8 Å². The number of methoxy groups -OCH3 is 1. The third-order valence-corrected chi connectivity index (χ3v) is 8.20. The minimum absolute atomic E-state index is 0.00158. The molecule has 0 aliphatic carbocycles. The lowest BCUT2D eigenvalue weighted by atomic mass is 10.2. The van der Waals surface area contributed by atoms with E-state index < -0.39 is 25.8 Å². The number of carbonyl (C=O) groups is 1. The predicted molar refractivity (Wildman–Crippen MR) is 118 cm³/mol. The van der Waals surface area contributed by atoms with Crippen molar-refractivity contribution in [2.24, 2.45) is 0 Å². The van der Waals surface area contributed by atoms with Gasteiger partial charge in [0.2, 0.25) is 10.0 Å². The molecule has 2 aromatic rings. The fraction of sp³-hybridized carbons (Fsp3) is 0.381. The van der Waals surface area contributed by atoms with Crippen LogP contribution in [0.4, 0.5) is 5.69 Å². The Hall–Kier alpha value is -2.43. The van der Waals surface area contributed by atoms with Crippen LogP contribution in [0.3, 0.4) is 0 Å². The van der Waals surface area contributed by atoms with Crippen molar-refractivity contribution in [3.05, 3.63) is 48.0 Å². The summed E-state index contributed by atoms with van der Waals surface area (Å²) in [5.41, 5.74) is 0.111. The smallest absolute Gasteiger partial charge is 0.259 e. The van der Waals surface area contributed by atoms with Crippen molar-refractivity contribution in [2.45, 2.75) is 35.5 Å². The number of carbonyl (C=O) groups excluding carboxylic acids is 1. The summed E-state index contributed by atoms with van der Waals surface area (Å²) in [6.45, 7) is 0.884. The number of nitrogens with zero attached hydrogens (tertiary/aromatic N) is 1. The number of hydrogen-bond acceptors (Lipinski definition) is 6. The largest absolute Gasteiger partial charge is 0.496 e. The minimum atomic E-state index is -3.77. The standard InChI is InChI=1S/C21H26N2O6S2/c1-29-19-12-11-16(31(27,28)23-13-7-3-4-8-14-23)15-17(19)21(24)22-18-9-5-6-10-20(18)30(2,25)26/h5-6,9-12,15H,3-4,7-8,13-14H2,1-2H3,(H,22,24). The quantitative estimate of drug-likeness (QED) is 0.701. The highest BCUT2D eigenvalue weighted by atomic mass is 32.2. The van der Waals surface area contributed by atoms with E-state index in [1.54, 1.807) is 12.1 Å². The summed E-state index contributed by atoms with van der Waals surface area (Å²) < 4.78 is 57.0. The number of nitrogens with one attached hydrogen (secondary N) is 1. The lowest BCUT2D eigenvalue weighted by Gasteiger charge is -2.21. The first-order valence-corrected chi connectivity index (χ1v) is 13.3. The van der Waals surface area contributed by atoms with Gasteiger partial charge < -0.3 is 10.1 Å². The van der Waals surface area contributed by atoms with Gasteiger partial charge >= 0.3 is 0 Å². The summed E-state index contributed by atoms with van der Waals surface area (Å²) in [7, 11) is -5.97. The van der Waals surface area contributed by atoms with E-state index in [1.165, 1.54) is 41.7 Å².